The first-order valence-electron chi connectivity index (χ1n) is 8.02. The summed E-state index contributed by atoms with van der Waals surface area (Å²) in [5.74, 6) is 0.283. The van der Waals surface area contributed by atoms with E-state index in [1.807, 2.05) is 7.05 Å². The normalized spacial score (nSPS) is 20.4. The second kappa shape index (κ2) is 6.59. The van der Waals surface area contributed by atoms with Crippen molar-refractivity contribution < 1.29 is 13.2 Å². The summed E-state index contributed by atoms with van der Waals surface area (Å²) in [6.45, 7) is 3.01. The second-order valence-electron chi connectivity index (χ2n) is 6.34. The number of sulfonamides is 1. The predicted molar refractivity (Wildman–Crippen MR) is 87.3 cm³/mol. The fourth-order valence-corrected chi connectivity index (χ4v) is 4.06. The first-order valence-corrected chi connectivity index (χ1v) is 9.46. The average Bonchev–Trinajstić information content (AvgIpc) is 3.38. The van der Waals surface area contributed by atoms with Gasteiger partial charge < -0.3 is 10.2 Å². The minimum atomic E-state index is -3.42. The van der Waals surface area contributed by atoms with Gasteiger partial charge in [-0.3, -0.25) is 4.79 Å². The Kier molecular flexibility index (Phi) is 4.70. The van der Waals surface area contributed by atoms with Crippen LogP contribution in [0.4, 0.5) is 0 Å². The molecular weight excluding hydrogens is 314 g/mol. The number of nitrogens with zero attached hydrogens (tertiary/aromatic N) is 2. The van der Waals surface area contributed by atoms with E-state index in [9.17, 15) is 13.2 Å². The maximum absolute atomic E-state index is 12.6. The molecule has 1 heterocycles. The molecule has 0 bridgehead atoms. The van der Waals surface area contributed by atoms with Crippen LogP contribution < -0.4 is 5.32 Å². The van der Waals surface area contributed by atoms with E-state index in [0.717, 1.165) is 31.5 Å². The van der Waals surface area contributed by atoms with Crippen molar-refractivity contribution in [3.8, 4) is 0 Å². The Bertz CT molecular complexity index is 660. The zero-order valence-electron chi connectivity index (χ0n) is 13.4. The Hall–Kier alpha value is -1.44. The standard InChI is InChI=1S/C16H23N3O3S/c1-18-8-10-19(11-9-18)23(21,22)15-6-2-13(3-7-15)12-17-16(20)14-4-5-14/h2-3,6-7,14H,4-5,8-12H2,1H3,(H,17,20). The molecular formula is C16H23N3O3S. The molecule has 126 valence electrons. The molecule has 1 saturated carbocycles. The van der Waals surface area contributed by atoms with Crippen molar-refractivity contribution in [2.24, 2.45) is 5.92 Å². The predicted octanol–water partition coefficient (Wildman–Crippen LogP) is 0.649. The van der Waals surface area contributed by atoms with Crippen LogP contribution >= 0.6 is 0 Å². The monoisotopic (exact) mass is 337 g/mol. The topological polar surface area (TPSA) is 69.7 Å². The number of carbonyl (C=O) groups excluding carboxylic acids is 1. The molecule has 0 unspecified atom stereocenters. The highest BCUT2D eigenvalue weighted by Gasteiger charge is 2.29. The van der Waals surface area contributed by atoms with E-state index in [1.54, 1.807) is 24.3 Å². The van der Waals surface area contributed by atoms with E-state index < -0.39 is 10.0 Å². The number of benzene rings is 1. The number of hydrogen-bond donors (Lipinski definition) is 1. The van der Waals surface area contributed by atoms with Crippen LogP contribution in [-0.2, 0) is 21.4 Å². The number of rotatable bonds is 5. The molecule has 1 saturated heterocycles. The fourth-order valence-electron chi connectivity index (χ4n) is 2.64. The van der Waals surface area contributed by atoms with E-state index in [-0.39, 0.29) is 11.8 Å². The Balaban J connectivity index is 1.62. The maximum Gasteiger partial charge on any atom is 0.243 e. The van der Waals surface area contributed by atoms with Gasteiger partial charge in [-0.1, -0.05) is 12.1 Å². The molecule has 1 N–H and O–H groups in total. The fraction of sp³-hybridized carbons (Fsp3) is 0.562. The highest BCUT2D eigenvalue weighted by molar-refractivity contribution is 7.89. The average molecular weight is 337 g/mol. The number of likely N-dealkylation sites (N-methyl/N-ethyl adjacent to an activating group) is 1. The van der Waals surface area contributed by atoms with E-state index in [1.165, 1.54) is 4.31 Å². The van der Waals surface area contributed by atoms with Gasteiger partial charge in [0.1, 0.15) is 0 Å². The van der Waals surface area contributed by atoms with Crippen LogP contribution in [0.25, 0.3) is 0 Å². The molecule has 0 radical (unpaired) electrons. The van der Waals surface area contributed by atoms with Crippen molar-refractivity contribution in [1.29, 1.82) is 0 Å². The van der Waals surface area contributed by atoms with Gasteiger partial charge in [0.15, 0.2) is 0 Å². The van der Waals surface area contributed by atoms with Gasteiger partial charge in [-0.15, -0.1) is 0 Å². The Morgan fingerprint density at radius 2 is 1.74 bits per heavy atom. The Morgan fingerprint density at radius 3 is 2.30 bits per heavy atom. The number of hydrogen-bond acceptors (Lipinski definition) is 4. The van der Waals surface area contributed by atoms with Gasteiger partial charge in [0.25, 0.3) is 0 Å². The van der Waals surface area contributed by atoms with E-state index >= 15 is 0 Å². The SMILES string of the molecule is CN1CCN(S(=O)(=O)c2ccc(CNC(=O)C3CC3)cc2)CC1. The molecule has 23 heavy (non-hydrogen) atoms. The molecule has 2 fully saturated rings. The highest BCUT2D eigenvalue weighted by Crippen LogP contribution is 2.28. The highest BCUT2D eigenvalue weighted by atomic mass is 32.2. The third kappa shape index (κ3) is 3.91. The molecule has 1 aliphatic heterocycles. The smallest absolute Gasteiger partial charge is 0.243 e. The third-order valence-corrected chi connectivity index (χ3v) is 6.35. The molecule has 1 amide bonds. The minimum Gasteiger partial charge on any atom is -0.352 e. The summed E-state index contributed by atoms with van der Waals surface area (Å²) in [5.41, 5.74) is 0.913. The van der Waals surface area contributed by atoms with Crippen molar-refractivity contribution in [2.45, 2.75) is 24.3 Å². The van der Waals surface area contributed by atoms with E-state index in [0.29, 0.717) is 24.5 Å². The zero-order chi connectivity index (χ0) is 16.4. The largest absolute Gasteiger partial charge is 0.352 e. The molecule has 1 aromatic rings. The molecule has 3 rings (SSSR count). The Morgan fingerprint density at radius 1 is 1.13 bits per heavy atom. The van der Waals surface area contributed by atoms with Gasteiger partial charge in [0, 0.05) is 38.6 Å². The molecule has 1 aromatic carbocycles. The Labute approximate surface area is 137 Å². The van der Waals surface area contributed by atoms with Crippen LogP contribution in [0.3, 0.4) is 0 Å². The summed E-state index contributed by atoms with van der Waals surface area (Å²) >= 11 is 0. The summed E-state index contributed by atoms with van der Waals surface area (Å²) in [6, 6.07) is 6.81. The van der Waals surface area contributed by atoms with Gasteiger partial charge >= 0.3 is 0 Å². The first kappa shape index (κ1) is 16.4. The van der Waals surface area contributed by atoms with Gasteiger partial charge in [0.05, 0.1) is 4.90 Å². The first-order chi connectivity index (χ1) is 11.0. The molecule has 7 heteroatoms. The van der Waals surface area contributed by atoms with Crippen LogP contribution in [-0.4, -0.2) is 56.8 Å². The van der Waals surface area contributed by atoms with Crippen LogP contribution in [0.15, 0.2) is 29.2 Å². The number of carbonyl (C=O) groups is 1. The van der Waals surface area contributed by atoms with Crippen molar-refractivity contribution >= 4 is 15.9 Å². The number of nitrogens with one attached hydrogen (secondary N) is 1. The quantitative estimate of drug-likeness (QED) is 0.856. The van der Waals surface area contributed by atoms with Gasteiger partial charge in [-0.05, 0) is 37.6 Å². The van der Waals surface area contributed by atoms with Crippen molar-refractivity contribution in [2.75, 3.05) is 33.2 Å². The van der Waals surface area contributed by atoms with Crippen molar-refractivity contribution in [3.05, 3.63) is 29.8 Å². The van der Waals surface area contributed by atoms with Crippen LogP contribution in [0.5, 0.6) is 0 Å². The molecule has 6 nitrogen and oxygen atoms in total. The lowest BCUT2D eigenvalue weighted by molar-refractivity contribution is -0.122. The molecule has 0 spiro atoms. The molecule has 2 aliphatic rings. The van der Waals surface area contributed by atoms with Crippen LogP contribution in [0.2, 0.25) is 0 Å². The van der Waals surface area contributed by atoms with Gasteiger partial charge in [0.2, 0.25) is 15.9 Å². The summed E-state index contributed by atoms with van der Waals surface area (Å²) in [5, 5.41) is 2.88. The number of amides is 1. The van der Waals surface area contributed by atoms with Crippen molar-refractivity contribution in [1.82, 2.24) is 14.5 Å². The minimum absolute atomic E-state index is 0.0964. The molecule has 0 aromatic heterocycles. The molecule has 1 aliphatic carbocycles. The molecule has 0 atom stereocenters. The van der Waals surface area contributed by atoms with Gasteiger partial charge in [-0.2, -0.15) is 4.31 Å². The summed E-state index contributed by atoms with van der Waals surface area (Å²) in [7, 11) is -1.42. The second-order valence-corrected chi connectivity index (χ2v) is 8.28. The van der Waals surface area contributed by atoms with E-state index in [2.05, 4.69) is 10.2 Å². The zero-order valence-corrected chi connectivity index (χ0v) is 14.2. The van der Waals surface area contributed by atoms with Gasteiger partial charge in [-0.25, -0.2) is 8.42 Å². The lowest BCUT2D eigenvalue weighted by Crippen LogP contribution is -2.47. The maximum atomic E-state index is 12.6. The lowest BCUT2D eigenvalue weighted by Gasteiger charge is -2.31. The summed E-state index contributed by atoms with van der Waals surface area (Å²) < 4.78 is 26.8. The third-order valence-electron chi connectivity index (χ3n) is 4.44. The van der Waals surface area contributed by atoms with Crippen LogP contribution in [0.1, 0.15) is 18.4 Å². The summed E-state index contributed by atoms with van der Waals surface area (Å²) in [6.07, 6.45) is 1.96. The van der Waals surface area contributed by atoms with Crippen LogP contribution in [0, 0.1) is 5.92 Å². The summed E-state index contributed by atoms with van der Waals surface area (Å²) in [4.78, 5) is 14.1. The lowest BCUT2D eigenvalue weighted by atomic mass is 10.2. The van der Waals surface area contributed by atoms with Crippen molar-refractivity contribution in [3.63, 3.8) is 0 Å². The number of piperazine rings is 1. The van der Waals surface area contributed by atoms with E-state index in [4.69, 9.17) is 0 Å².